The second-order valence-electron chi connectivity index (χ2n) is 7.09. The molecule has 1 aliphatic heterocycles. The van der Waals surface area contributed by atoms with Crippen molar-refractivity contribution in [3.8, 4) is 17.0 Å². The molecule has 1 aromatic heterocycles. The number of hydrogen-bond donors (Lipinski definition) is 0. The zero-order chi connectivity index (χ0) is 19.3. The van der Waals surface area contributed by atoms with Crippen LogP contribution in [0.5, 0.6) is 5.88 Å². The van der Waals surface area contributed by atoms with E-state index >= 15 is 0 Å². The maximum absolute atomic E-state index is 14.2. The van der Waals surface area contributed by atoms with Crippen molar-refractivity contribution in [1.82, 2.24) is 9.36 Å². The lowest BCUT2D eigenvalue weighted by molar-refractivity contribution is -0.279. The molecule has 4 rings (SSSR count). The summed E-state index contributed by atoms with van der Waals surface area (Å²) in [5.41, 5.74) is 0.941. The third kappa shape index (κ3) is 2.69. The molecule has 0 spiro atoms. The topological polar surface area (TPSA) is 50.0 Å². The average Bonchev–Trinajstić information content (AvgIpc) is 3.05. The molecule has 6 heteroatoms. The molecule has 2 aromatic carbocycles. The minimum atomic E-state index is -0.363. The molecule has 0 N–H and O–H groups in total. The second kappa shape index (κ2) is 6.57. The highest BCUT2D eigenvalue weighted by Gasteiger charge is 2.38. The molecule has 0 aliphatic carbocycles. The summed E-state index contributed by atoms with van der Waals surface area (Å²) in [6.45, 7) is 3.80. The average molecular weight is 386 g/mol. The minimum absolute atomic E-state index is 0.107. The lowest BCUT2D eigenvalue weighted by Gasteiger charge is -2.22. The molecule has 140 valence electrons. The summed E-state index contributed by atoms with van der Waals surface area (Å²) < 4.78 is 17.3. The van der Waals surface area contributed by atoms with E-state index in [2.05, 4.69) is 0 Å². The number of benzene rings is 2. The van der Waals surface area contributed by atoms with Gasteiger partial charge in [-0.2, -0.15) is 0 Å². The van der Waals surface area contributed by atoms with E-state index in [-0.39, 0.29) is 40.8 Å². The molecular weight excluding hydrogens is 367 g/mol. The molecule has 0 amide bonds. The van der Waals surface area contributed by atoms with E-state index in [1.807, 2.05) is 19.9 Å². The third-order valence-electron chi connectivity index (χ3n) is 5.65. The van der Waals surface area contributed by atoms with Crippen LogP contribution in [0.25, 0.3) is 11.1 Å². The van der Waals surface area contributed by atoms with Gasteiger partial charge in [0.1, 0.15) is 5.82 Å². The summed E-state index contributed by atoms with van der Waals surface area (Å²) in [6, 6.07) is 13.1. The van der Waals surface area contributed by atoms with E-state index in [9.17, 15) is 14.3 Å². The normalized spacial score (nSPS) is 21.4. The Morgan fingerprint density at radius 2 is 1.70 bits per heavy atom. The fraction of sp³-hybridized carbons (Fsp3) is 0.286. The van der Waals surface area contributed by atoms with Crippen LogP contribution in [-0.4, -0.2) is 9.36 Å². The van der Waals surface area contributed by atoms with Crippen LogP contribution in [0.3, 0.4) is 0 Å². The van der Waals surface area contributed by atoms with Crippen LogP contribution in [0.4, 0.5) is 4.39 Å². The monoisotopic (exact) mass is 385 g/mol. The molecule has 0 bridgehead atoms. The zero-order valence-corrected chi connectivity index (χ0v) is 15.8. The van der Waals surface area contributed by atoms with E-state index in [0.717, 1.165) is 0 Å². The van der Waals surface area contributed by atoms with Crippen molar-refractivity contribution in [2.45, 2.75) is 32.4 Å². The Labute approximate surface area is 161 Å². The molecule has 27 heavy (non-hydrogen) atoms. The Morgan fingerprint density at radius 1 is 1.04 bits per heavy atom. The van der Waals surface area contributed by atoms with Gasteiger partial charge in [-0.25, -0.2) is 9.07 Å². The van der Waals surface area contributed by atoms with Crippen LogP contribution in [-0.2, 0) is 6.42 Å². The molecule has 2 heterocycles. The van der Waals surface area contributed by atoms with Crippen LogP contribution in [0, 0.1) is 11.7 Å². The second-order valence-corrected chi connectivity index (χ2v) is 7.50. The number of aromatic nitrogens is 2. The molecule has 0 saturated heterocycles. The van der Waals surface area contributed by atoms with E-state index in [1.165, 1.54) is 15.4 Å². The standard InChI is InChI=1S/C21H20ClFN2O2/c1-12-15(11-16-17(22)9-6-10-18(16)23)13(2)25-21(27)19(20(26)24(12)25)14-7-4-3-5-8-14/h3-10,12-13,15,26H,11H2,1-2H3/p-1. The summed E-state index contributed by atoms with van der Waals surface area (Å²) in [7, 11) is 0. The molecule has 3 atom stereocenters. The first kappa shape index (κ1) is 17.9. The number of hydrogen-bond acceptors (Lipinski definition) is 2. The van der Waals surface area contributed by atoms with E-state index in [0.29, 0.717) is 22.6 Å². The Hall–Kier alpha value is -2.53. The van der Waals surface area contributed by atoms with Gasteiger partial charge in [-0.15, -0.1) is 0 Å². The van der Waals surface area contributed by atoms with Gasteiger partial charge in [-0.3, -0.25) is 9.48 Å². The molecule has 1 aliphatic rings. The predicted octanol–water partition coefficient (Wildman–Crippen LogP) is 4.18. The quantitative estimate of drug-likeness (QED) is 0.679. The maximum atomic E-state index is 14.2. The van der Waals surface area contributed by atoms with Crippen molar-refractivity contribution in [3.05, 3.63) is 75.3 Å². The molecule has 0 saturated carbocycles. The summed E-state index contributed by atoms with van der Waals surface area (Å²) in [4.78, 5) is 13.0. The fourth-order valence-corrected chi connectivity index (χ4v) is 4.44. The van der Waals surface area contributed by atoms with Gasteiger partial charge >= 0.3 is 0 Å². The summed E-state index contributed by atoms with van der Waals surface area (Å²) in [6.07, 6.45) is 0.363. The Morgan fingerprint density at radius 3 is 2.33 bits per heavy atom. The highest BCUT2D eigenvalue weighted by molar-refractivity contribution is 6.31. The first-order valence-corrected chi connectivity index (χ1v) is 9.32. The lowest BCUT2D eigenvalue weighted by atomic mass is 9.88. The number of halogens is 2. The fourth-order valence-electron chi connectivity index (χ4n) is 4.20. The van der Waals surface area contributed by atoms with Crippen LogP contribution < -0.4 is 10.7 Å². The highest BCUT2D eigenvalue weighted by Crippen LogP contribution is 2.43. The van der Waals surface area contributed by atoms with Gasteiger partial charge in [0.25, 0.3) is 5.56 Å². The van der Waals surface area contributed by atoms with Gasteiger partial charge in [0.2, 0.25) is 0 Å². The van der Waals surface area contributed by atoms with Gasteiger partial charge in [-0.05, 0) is 43.8 Å². The van der Waals surface area contributed by atoms with E-state index in [4.69, 9.17) is 11.6 Å². The van der Waals surface area contributed by atoms with E-state index in [1.54, 1.807) is 36.4 Å². The first-order valence-electron chi connectivity index (χ1n) is 8.94. The number of nitrogens with zero attached hydrogens (tertiary/aromatic N) is 2. The Kier molecular flexibility index (Phi) is 4.35. The zero-order valence-electron chi connectivity index (χ0n) is 15.0. The molecule has 4 nitrogen and oxygen atoms in total. The van der Waals surface area contributed by atoms with Crippen LogP contribution in [0.1, 0.15) is 31.5 Å². The highest BCUT2D eigenvalue weighted by atomic mass is 35.5. The molecule has 0 fully saturated rings. The van der Waals surface area contributed by atoms with Crippen LogP contribution >= 0.6 is 11.6 Å². The first-order chi connectivity index (χ1) is 12.9. The summed E-state index contributed by atoms with van der Waals surface area (Å²) >= 11 is 6.18. The van der Waals surface area contributed by atoms with Crippen molar-refractivity contribution in [2.24, 2.45) is 5.92 Å². The smallest absolute Gasteiger partial charge is 0.274 e. The van der Waals surface area contributed by atoms with Crippen molar-refractivity contribution in [2.75, 3.05) is 0 Å². The molecule has 3 unspecified atom stereocenters. The van der Waals surface area contributed by atoms with Crippen molar-refractivity contribution in [3.63, 3.8) is 0 Å². The van der Waals surface area contributed by atoms with Gasteiger partial charge in [0, 0.05) is 16.5 Å². The van der Waals surface area contributed by atoms with Crippen LogP contribution in [0.15, 0.2) is 53.3 Å². The van der Waals surface area contributed by atoms with Crippen molar-refractivity contribution < 1.29 is 9.50 Å². The maximum Gasteiger partial charge on any atom is 0.274 e. The molecule has 3 aromatic rings. The van der Waals surface area contributed by atoms with Gasteiger partial charge in [-0.1, -0.05) is 48.0 Å². The van der Waals surface area contributed by atoms with Gasteiger partial charge < -0.3 is 5.11 Å². The van der Waals surface area contributed by atoms with Crippen molar-refractivity contribution >= 4 is 11.6 Å². The van der Waals surface area contributed by atoms with Crippen molar-refractivity contribution in [1.29, 1.82) is 0 Å². The summed E-state index contributed by atoms with van der Waals surface area (Å²) in [5, 5.41) is 13.4. The largest absolute Gasteiger partial charge is 0.858 e. The Balaban J connectivity index is 1.77. The third-order valence-corrected chi connectivity index (χ3v) is 6.00. The van der Waals surface area contributed by atoms with E-state index < -0.39 is 0 Å². The predicted molar refractivity (Wildman–Crippen MR) is 102 cm³/mol. The van der Waals surface area contributed by atoms with Gasteiger partial charge in [0.15, 0.2) is 0 Å². The minimum Gasteiger partial charge on any atom is -0.858 e. The molecule has 0 radical (unpaired) electrons. The molecular formula is C21H19ClFN2O2-. The van der Waals surface area contributed by atoms with Crippen LogP contribution in [0.2, 0.25) is 5.02 Å². The Bertz CT molecular complexity index is 1040. The number of rotatable bonds is 3. The van der Waals surface area contributed by atoms with Gasteiger partial charge in [0.05, 0.1) is 17.6 Å². The summed E-state index contributed by atoms with van der Waals surface area (Å²) in [5.74, 6) is -0.768. The lowest BCUT2D eigenvalue weighted by Crippen LogP contribution is -2.23. The SMILES string of the molecule is CC1C(Cc2c(F)cccc2Cl)C(C)n2c(=O)c(-c3ccccc3)c([O-])n21. The number of fused-ring (bicyclic) bond motifs is 1.